The summed E-state index contributed by atoms with van der Waals surface area (Å²) >= 11 is 0. The molecular weight excluding hydrogens is 320 g/mol. The molecule has 1 fully saturated rings. The third kappa shape index (κ3) is 3.59. The van der Waals surface area contributed by atoms with Crippen molar-refractivity contribution in [2.24, 2.45) is 11.8 Å². The predicted molar refractivity (Wildman–Crippen MR) is 87.1 cm³/mol. The van der Waals surface area contributed by atoms with Gasteiger partial charge in [-0.2, -0.15) is 4.68 Å². The lowest BCUT2D eigenvalue weighted by molar-refractivity contribution is -0.121. The third-order valence-corrected chi connectivity index (χ3v) is 3.98. The van der Waals surface area contributed by atoms with Gasteiger partial charge in [0.15, 0.2) is 0 Å². The maximum absolute atomic E-state index is 12.3. The van der Waals surface area contributed by atoms with Crippen molar-refractivity contribution in [1.82, 2.24) is 25.5 Å². The SMILES string of the molecule is COc1ccc(NC(=O)C(C)C2CNC2)cc1-n1cnnn1.Cl. The van der Waals surface area contributed by atoms with Crippen LogP contribution in [0.4, 0.5) is 5.69 Å². The van der Waals surface area contributed by atoms with E-state index in [1.54, 1.807) is 25.3 Å². The van der Waals surface area contributed by atoms with E-state index in [2.05, 4.69) is 26.2 Å². The molecule has 3 rings (SSSR count). The molecule has 1 unspecified atom stereocenters. The second-order valence-corrected chi connectivity index (χ2v) is 5.34. The minimum absolute atomic E-state index is 0. The number of benzene rings is 1. The normalized spacial score (nSPS) is 15.2. The molecule has 0 spiro atoms. The molecule has 2 heterocycles. The van der Waals surface area contributed by atoms with Crippen LogP contribution in [0.25, 0.3) is 5.69 Å². The summed E-state index contributed by atoms with van der Waals surface area (Å²) in [6, 6.07) is 5.37. The van der Waals surface area contributed by atoms with Gasteiger partial charge in [-0.3, -0.25) is 4.79 Å². The Labute approximate surface area is 140 Å². The van der Waals surface area contributed by atoms with Gasteiger partial charge in [-0.1, -0.05) is 6.92 Å². The number of amides is 1. The number of hydrogen-bond donors (Lipinski definition) is 2. The zero-order chi connectivity index (χ0) is 15.5. The maximum atomic E-state index is 12.3. The number of tetrazole rings is 1. The number of aromatic nitrogens is 4. The van der Waals surface area contributed by atoms with Crippen LogP contribution >= 0.6 is 12.4 Å². The van der Waals surface area contributed by atoms with Crippen molar-refractivity contribution in [3.05, 3.63) is 24.5 Å². The van der Waals surface area contributed by atoms with Gasteiger partial charge in [0, 0.05) is 11.6 Å². The summed E-state index contributed by atoms with van der Waals surface area (Å²) in [7, 11) is 1.58. The van der Waals surface area contributed by atoms with Crippen LogP contribution in [-0.4, -0.2) is 46.3 Å². The largest absolute Gasteiger partial charge is 0.494 e. The van der Waals surface area contributed by atoms with Gasteiger partial charge in [0.05, 0.1) is 7.11 Å². The highest BCUT2D eigenvalue weighted by Crippen LogP contribution is 2.26. The quantitative estimate of drug-likeness (QED) is 0.840. The Morgan fingerprint density at radius 1 is 1.48 bits per heavy atom. The average molecular weight is 339 g/mol. The fraction of sp³-hybridized carbons (Fsp3) is 0.429. The first-order valence-electron chi connectivity index (χ1n) is 7.12. The highest BCUT2D eigenvalue weighted by molar-refractivity contribution is 5.93. The zero-order valence-electron chi connectivity index (χ0n) is 12.9. The summed E-state index contributed by atoms with van der Waals surface area (Å²) in [6.07, 6.45) is 1.48. The summed E-state index contributed by atoms with van der Waals surface area (Å²) in [5, 5.41) is 17.2. The zero-order valence-corrected chi connectivity index (χ0v) is 13.7. The summed E-state index contributed by atoms with van der Waals surface area (Å²) in [4.78, 5) is 12.3. The molecule has 1 atom stereocenters. The molecule has 1 saturated heterocycles. The predicted octanol–water partition coefficient (Wildman–Crippen LogP) is 0.887. The van der Waals surface area contributed by atoms with E-state index in [9.17, 15) is 4.79 Å². The topological polar surface area (TPSA) is 94.0 Å². The Kier molecular flexibility index (Phi) is 5.51. The van der Waals surface area contributed by atoms with E-state index in [-0.39, 0.29) is 24.2 Å². The van der Waals surface area contributed by atoms with Crippen LogP contribution in [0.1, 0.15) is 6.92 Å². The first-order chi connectivity index (χ1) is 10.7. The number of anilines is 1. The lowest BCUT2D eigenvalue weighted by Gasteiger charge is -2.31. The first kappa shape index (κ1) is 17.2. The number of methoxy groups -OCH3 is 1. The number of hydrogen-bond acceptors (Lipinski definition) is 6. The van der Waals surface area contributed by atoms with Crippen LogP contribution in [-0.2, 0) is 4.79 Å². The summed E-state index contributed by atoms with van der Waals surface area (Å²) in [6.45, 7) is 3.74. The minimum Gasteiger partial charge on any atom is -0.494 e. The molecule has 0 aliphatic carbocycles. The molecule has 0 bridgehead atoms. The molecule has 124 valence electrons. The van der Waals surface area contributed by atoms with Crippen molar-refractivity contribution < 1.29 is 9.53 Å². The van der Waals surface area contributed by atoms with Crippen LogP contribution in [0, 0.1) is 11.8 Å². The number of nitrogens with one attached hydrogen (secondary N) is 2. The fourth-order valence-electron chi connectivity index (χ4n) is 2.35. The Hall–Kier alpha value is -2.19. The Bertz CT molecular complexity index is 659. The molecule has 1 aromatic carbocycles. The minimum atomic E-state index is -0.0279. The summed E-state index contributed by atoms with van der Waals surface area (Å²) in [5.74, 6) is 1.01. The fourth-order valence-corrected chi connectivity index (χ4v) is 2.35. The monoisotopic (exact) mass is 338 g/mol. The standard InChI is InChI=1S/C14H18N6O2.ClH/c1-9(10-6-15-7-10)14(21)17-11-3-4-13(22-2)12(5-11)20-8-16-18-19-20;/h3-5,8-10,15H,6-7H2,1-2H3,(H,17,21);1H. The lowest BCUT2D eigenvalue weighted by atomic mass is 9.88. The van der Waals surface area contributed by atoms with Gasteiger partial charge in [0.2, 0.25) is 5.91 Å². The van der Waals surface area contributed by atoms with E-state index in [4.69, 9.17) is 4.74 Å². The van der Waals surface area contributed by atoms with Crippen molar-refractivity contribution >= 4 is 24.0 Å². The number of carbonyl (C=O) groups is 1. The van der Waals surface area contributed by atoms with Crippen molar-refractivity contribution in [2.45, 2.75) is 6.92 Å². The molecule has 2 N–H and O–H groups in total. The van der Waals surface area contributed by atoms with Gasteiger partial charge in [-0.25, -0.2) is 0 Å². The summed E-state index contributed by atoms with van der Waals surface area (Å²) < 4.78 is 6.80. The molecule has 1 aliphatic rings. The molecular formula is C14H19ClN6O2. The van der Waals surface area contributed by atoms with Gasteiger partial charge >= 0.3 is 0 Å². The summed E-state index contributed by atoms with van der Waals surface area (Å²) in [5.41, 5.74) is 1.36. The first-order valence-corrected chi connectivity index (χ1v) is 7.12. The Morgan fingerprint density at radius 3 is 2.83 bits per heavy atom. The Balaban J connectivity index is 0.00000192. The van der Waals surface area contributed by atoms with E-state index in [1.165, 1.54) is 11.0 Å². The van der Waals surface area contributed by atoms with E-state index in [0.29, 0.717) is 23.0 Å². The molecule has 1 aliphatic heterocycles. The average Bonchev–Trinajstić information content (AvgIpc) is 2.99. The lowest BCUT2D eigenvalue weighted by Crippen LogP contribution is -2.48. The van der Waals surface area contributed by atoms with Gasteiger partial charge in [-0.15, -0.1) is 17.5 Å². The molecule has 0 saturated carbocycles. The number of rotatable bonds is 5. The van der Waals surface area contributed by atoms with Gasteiger partial charge in [0.25, 0.3) is 0 Å². The third-order valence-electron chi connectivity index (χ3n) is 3.98. The number of nitrogens with zero attached hydrogens (tertiary/aromatic N) is 4. The van der Waals surface area contributed by atoms with Gasteiger partial charge in [0.1, 0.15) is 17.8 Å². The number of halogens is 1. The smallest absolute Gasteiger partial charge is 0.227 e. The van der Waals surface area contributed by atoms with Crippen LogP contribution < -0.4 is 15.4 Å². The maximum Gasteiger partial charge on any atom is 0.227 e. The van der Waals surface area contributed by atoms with Crippen molar-refractivity contribution in [3.8, 4) is 11.4 Å². The highest BCUT2D eigenvalue weighted by Gasteiger charge is 2.28. The van der Waals surface area contributed by atoms with Gasteiger partial charge in [-0.05, 0) is 47.6 Å². The van der Waals surface area contributed by atoms with Crippen LogP contribution in [0.3, 0.4) is 0 Å². The van der Waals surface area contributed by atoms with Crippen molar-refractivity contribution in [3.63, 3.8) is 0 Å². The highest BCUT2D eigenvalue weighted by atomic mass is 35.5. The second-order valence-electron chi connectivity index (χ2n) is 5.34. The molecule has 23 heavy (non-hydrogen) atoms. The molecule has 1 aromatic heterocycles. The molecule has 1 amide bonds. The van der Waals surface area contributed by atoms with Crippen LogP contribution in [0.5, 0.6) is 5.75 Å². The van der Waals surface area contributed by atoms with Crippen molar-refractivity contribution in [2.75, 3.05) is 25.5 Å². The number of ether oxygens (including phenoxy) is 1. The van der Waals surface area contributed by atoms with E-state index >= 15 is 0 Å². The van der Waals surface area contributed by atoms with E-state index in [1.807, 2.05) is 6.92 Å². The second kappa shape index (κ2) is 7.38. The Morgan fingerprint density at radius 2 is 2.26 bits per heavy atom. The van der Waals surface area contributed by atoms with Crippen LogP contribution in [0.15, 0.2) is 24.5 Å². The van der Waals surface area contributed by atoms with Crippen molar-refractivity contribution in [1.29, 1.82) is 0 Å². The van der Waals surface area contributed by atoms with Crippen LogP contribution in [0.2, 0.25) is 0 Å². The van der Waals surface area contributed by atoms with E-state index < -0.39 is 0 Å². The molecule has 9 heteroatoms. The van der Waals surface area contributed by atoms with E-state index in [0.717, 1.165) is 13.1 Å². The van der Waals surface area contributed by atoms with Gasteiger partial charge < -0.3 is 15.4 Å². The molecule has 8 nitrogen and oxygen atoms in total. The molecule has 0 radical (unpaired) electrons. The number of carbonyl (C=O) groups excluding carboxylic acids is 1. The molecule has 2 aromatic rings.